The highest BCUT2D eigenvalue weighted by molar-refractivity contribution is 7.71. The van der Waals surface area contributed by atoms with Crippen molar-refractivity contribution in [2.24, 2.45) is 0 Å². The van der Waals surface area contributed by atoms with Crippen molar-refractivity contribution >= 4 is 29.7 Å². The molecule has 124 valence electrons. The number of rotatable bonds is 7. The van der Waals surface area contributed by atoms with Gasteiger partial charge in [-0.25, -0.2) is 0 Å². The fraction of sp³-hybridized carbons (Fsp3) is 0.438. The monoisotopic (exact) mass is 352 g/mol. The van der Waals surface area contributed by atoms with Gasteiger partial charge in [-0.15, -0.1) is 0 Å². The molecule has 23 heavy (non-hydrogen) atoms. The van der Waals surface area contributed by atoms with Crippen LogP contribution >= 0.6 is 23.8 Å². The van der Waals surface area contributed by atoms with E-state index in [9.17, 15) is 4.79 Å². The number of likely N-dealkylation sites (N-methyl/N-ethyl adjacent to an activating group) is 1. The van der Waals surface area contributed by atoms with Crippen molar-refractivity contribution in [3.63, 3.8) is 0 Å². The summed E-state index contributed by atoms with van der Waals surface area (Å²) >= 11 is 11.4. The molecule has 0 aliphatic rings. The van der Waals surface area contributed by atoms with Gasteiger partial charge in [0.1, 0.15) is 12.4 Å². The second kappa shape index (κ2) is 8.26. The third kappa shape index (κ3) is 4.42. The maximum absolute atomic E-state index is 12.6. The first-order valence-electron chi connectivity index (χ1n) is 7.72. The van der Waals surface area contributed by atoms with Crippen molar-refractivity contribution < 1.29 is 4.79 Å². The van der Waals surface area contributed by atoms with Crippen LogP contribution in [0.1, 0.15) is 31.7 Å². The number of H-pyrrole nitrogens is 1. The van der Waals surface area contributed by atoms with E-state index in [-0.39, 0.29) is 12.5 Å². The molecule has 5 nitrogen and oxygen atoms in total. The number of amides is 1. The fourth-order valence-corrected chi connectivity index (χ4v) is 2.78. The molecular weight excluding hydrogens is 332 g/mol. The Hall–Kier alpha value is -1.66. The molecule has 1 aromatic carbocycles. The number of hydrogen-bond acceptors (Lipinski definition) is 3. The minimum atomic E-state index is 0.00210. The maximum Gasteiger partial charge on any atom is 0.242 e. The average molecular weight is 353 g/mol. The Labute approximate surface area is 146 Å². The van der Waals surface area contributed by atoms with Gasteiger partial charge in [-0.3, -0.25) is 14.5 Å². The highest BCUT2D eigenvalue weighted by Gasteiger charge is 2.16. The standard InChI is InChI=1S/C16H21ClN4OS/c1-3-7-14-18-19-16(23)21(14)11-15(22)20(4-2)10-12-8-5-6-9-13(12)17/h5-6,8-9H,3-4,7,10-11H2,1-2H3,(H,19,23). The fourth-order valence-electron chi connectivity index (χ4n) is 2.37. The molecule has 1 N–H and O–H groups in total. The van der Waals surface area contributed by atoms with Crippen molar-refractivity contribution in [3.8, 4) is 0 Å². The van der Waals surface area contributed by atoms with Crippen LogP contribution in [0, 0.1) is 4.77 Å². The van der Waals surface area contributed by atoms with E-state index in [1.807, 2.05) is 31.2 Å². The molecule has 0 atom stereocenters. The molecule has 1 heterocycles. The molecule has 0 aliphatic heterocycles. The third-order valence-electron chi connectivity index (χ3n) is 3.66. The first-order chi connectivity index (χ1) is 11.1. The van der Waals surface area contributed by atoms with Crippen molar-refractivity contribution in [2.75, 3.05) is 6.54 Å². The van der Waals surface area contributed by atoms with Crippen LogP contribution in [0.5, 0.6) is 0 Å². The number of benzene rings is 1. The first-order valence-corrected chi connectivity index (χ1v) is 8.50. The molecule has 0 bridgehead atoms. The van der Waals surface area contributed by atoms with Crippen LogP contribution in [0.15, 0.2) is 24.3 Å². The number of halogens is 1. The lowest BCUT2D eigenvalue weighted by Gasteiger charge is -2.22. The molecule has 1 aromatic heterocycles. The molecule has 0 fully saturated rings. The predicted octanol–water partition coefficient (Wildman–Crippen LogP) is 3.60. The van der Waals surface area contributed by atoms with E-state index < -0.39 is 0 Å². The molecule has 0 aliphatic carbocycles. The molecule has 7 heteroatoms. The summed E-state index contributed by atoms with van der Waals surface area (Å²) < 4.78 is 2.26. The third-order valence-corrected chi connectivity index (χ3v) is 4.34. The number of carbonyl (C=O) groups excluding carboxylic acids is 1. The quantitative estimate of drug-likeness (QED) is 0.775. The van der Waals surface area contributed by atoms with Crippen LogP contribution in [0.2, 0.25) is 5.02 Å². The zero-order valence-electron chi connectivity index (χ0n) is 13.4. The summed E-state index contributed by atoms with van der Waals surface area (Å²) in [6.45, 7) is 5.32. The van der Waals surface area contributed by atoms with Gasteiger partial charge < -0.3 is 4.90 Å². The van der Waals surface area contributed by atoms with E-state index in [0.29, 0.717) is 22.9 Å². The van der Waals surface area contributed by atoms with E-state index in [1.54, 1.807) is 9.47 Å². The Morgan fingerprint density at radius 3 is 2.78 bits per heavy atom. The number of carbonyl (C=O) groups is 1. The molecule has 0 saturated heterocycles. The SMILES string of the molecule is CCCc1n[nH]c(=S)n1CC(=O)N(CC)Cc1ccccc1Cl. The van der Waals surface area contributed by atoms with Crippen molar-refractivity contribution in [1.29, 1.82) is 0 Å². The normalized spacial score (nSPS) is 10.7. The lowest BCUT2D eigenvalue weighted by Crippen LogP contribution is -2.33. The summed E-state index contributed by atoms with van der Waals surface area (Å²) in [4.78, 5) is 14.4. The van der Waals surface area contributed by atoms with Crippen molar-refractivity contribution in [2.45, 2.75) is 39.8 Å². The molecule has 2 aromatic rings. The minimum absolute atomic E-state index is 0.00210. The van der Waals surface area contributed by atoms with E-state index in [4.69, 9.17) is 23.8 Å². The van der Waals surface area contributed by atoms with Crippen molar-refractivity contribution in [3.05, 3.63) is 45.4 Å². The van der Waals surface area contributed by atoms with Crippen LogP contribution in [0.25, 0.3) is 0 Å². The van der Waals surface area contributed by atoms with E-state index in [1.165, 1.54) is 0 Å². The van der Waals surface area contributed by atoms with Gasteiger partial charge in [0.15, 0.2) is 4.77 Å². The molecule has 0 saturated carbocycles. The van der Waals surface area contributed by atoms with Gasteiger partial charge in [0.25, 0.3) is 0 Å². The molecule has 1 amide bonds. The molecule has 0 unspecified atom stereocenters. The second-order valence-electron chi connectivity index (χ2n) is 5.28. The van der Waals surface area contributed by atoms with E-state index in [2.05, 4.69) is 17.1 Å². The Morgan fingerprint density at radius 1 is 1.39 bits per heavy atom. The number of nitrogens with zero attached hydrogens (tertiary/aromatic N) is 3. The predicted molar refractivity (Wildman–Crippen MR) is 93.9 cm³/mol. The molecule has 0 radical (unpaired) electrons. The average Bonchev–Trinajstić information content (AvgIpc) is 2.87. The highest BCUT2D eigenvalue weighted by Crippen LogP contribution is 2.17. The summed E-state index contributed by atoms with van der Waals surface area (Å²) in [5.41, 5.74) is 0.939. The van der Waals surface area contributed by atoms with Gasteiger partial charge in [0, 0.05) is 24.5 Å². The van der Waals surface area contributed by atoms with Gasteiger partial charge in [0.2, 0.25) is 5.91 Å². The molecule has 2 rings (SSSR count). The lowest BCUT2D eigenvalue weighted by molar-refractivity contribution is -0.132. The largest absolute Gasteiger partial charge is 0.337 e. The first kappa shape index (κ1) is 17.7. The zero-order chi connectivity index (χ0) is 16.8. The number of aryl methyl sites for hydroxylation is 1. The Kier molecular flexibility index (Phi) is 6.36. The van der Waals surface area contributed by atoms with Crippen LogP contribution in [0.3, 0.4) is 0 Å². The topological polar surface area (TPSA) is 53.9 Å². The van der Waals surface area contributed by atoms with Crippen LogP contribution in [-0.4, -0.2) is 32.1 Å². The number of hydrogen-bond donors (Lipinski definition) is 1. The van der Waals surface area contributed by atoms with E-state index in [0.717, 1.165) is 24.2 Å². The number of aromatic amines is 1. The molecule has 0 spiro atoms. The summed E-state index contributed by atoms with van der Waals surface area (Å²) in [6.07, 6.45) is 1.74. The highest BCUT2D eigenvalue weighted by atomic mass is 35.5. The number of nitrogens with one attached hydrogen (secondary N) is 1. The summed E-state index contributed by atoms with van der Waals surface area (Å²) in [5.74, 6) is 0.821. The van der Waals surface area contributed by atoms with Gasteiger partial charge in [-0.05, 0) is 37.2 Å². The van der Waals surface area contributed by atoms with E-state index >= 15 is 0 Å². The lowest BCUT2D eigenvalue weighted by atomic mass is 10.2. The van der Waals surface area contributed by atoms with Crippen LogP contribution in [0.4, 0.5) is 0 Å². The Morgan fingerprint density at radius 2 is 2.13 bits per heavy atom. The maximum atomic E-state index is 12.6. The van der Waals surface area contributed by atoms with Gasteiger partial charge in [0.05, 0.1) is 0 Å². The second-order valence-corrected chi connectivity index (χ2v) is 6.07. The molecular formula is C16H21ClN4OS. The Balaban J connectivity index is 2.13. The zero-order valence-corrected chi connectivity index (χ0v) is 15.0. The van der Waals surface area contributed by atoms with Gasteiger partial charge in [-0.2, -0.15) is 5.10 Å². The minimum Gasteiger partial charge on any atom is -0.337 e. The summed E-state index contributed by atoms with van der Waals surface area (Å²) in [5, 5.41) is 7.63. The van der Waals surface area contributed by atoms with Crippen LogP contribution in [-0.2, 0) is 24.3 Å². The smallest absolute Gasteiger partial charge is 0.242 e. The van der Waals surface area contributed by atoms with Crippen LogP contribution < -0.4 is 0 Å². The van der Waals surface area contributed by atoms with Gasteiger partial charge >= 0.3 is 0 Å². The number of aromatic nitrogens is 3. The summed E-state index contributed by atoms with van der Waals surface area (Å²) in [7, 11) is 0. The summed E-state index contributed by atoms with van der Waals surface area (Å²) in [6, 6.07) is 7.57. The Bertz CT molecular complexity index is 725. The van der Waals surface area contributed by atoms with Gasteiger partial charge in [-0.1, -0.05) is 36.7 Å². The van der Waals surface area contributed by atoms with Crippen molar-refractivity contribution in [1.82, 2.24) is 19.7 Å².